The van der Waals surface area contributed by atoms with Crippen LogP contribution >= 0.6 is 0 Å². The molecule has 4 heteroatoms. The average molecular weight is 219 g/mol. The van der Waals surface area contributed by atoms with E-state index in [1.807, 2.05) is 25.2 Å². The third-order valence-corrected chi connectivity index (χ3v) is 2.85. The Hall–Kier alpha value is -1.58. The van der Waals surface area contributed by atoms with E-state index in [1.54, 1.807) is 10.8 Å². The molecule has 0 bridgehead atoms. The first kappa shape index (κ1) is 10.9. The summed E-state index contributed by atoms with van der Waals surface area (Å²) in [5, 5.41) is 0. The van der Waals surface area contributed by atoms with Gasteiger partial charge in [0, 0.05) is 44.2 Å². The van der Waals surface area contributed by atoms with Crippen molar-refractivity contribution in [2.24, 2.45) is 0 Å². The van der Waals surface area contributed by atoms with Crippen LogP contribution in [0.15, 0.2) is 23.3 Å². The van der Waals surface area contributed by atoms with Gasteiger partial charge in [-0.3, -0.25) is 9.36 Å². The van der Waals surface area contributed by atoms with Crippen molar-refractivity contribution in [1.29, 1.82) is 0 Å². The smallest absolute Gasteiger partial charge is 0.253 e. The highest BCUT2D eigenvalue weighted by molar-refractivity contribution is 5.60. The monoisotopic (exact) mass is 219 g/mol. The van der Waals surface area contributed by atoms with Gasteiger partial charge in [-0.2, -0.15) is 0 Å². The summed E-state index contributed by atoms with van der Waals surface area (Å²) in [6.45, 7) is 2.07. The molecular formula is C12H17N3O. The first-order chi connectivity index (χ1) is 7.59. The third-order valence-electron chi connectivity index (χ3n) is 2.85. The fourth-order valence-corrected chi connectivity index (χ4v) is 2.12. The highest BCUT2D eigenvalue weighted by Gasteiger charge is 2.21. The van der Waals surface area contributed by atoms with Crippen LogP contribution in [0, 0.1) is 0 Å². The van der Waals surface area contributed by atoms with Crippen LogP contribution < -0.4 is 5.56 Å². The number of aromatic nitrogens is 2. The Morgan fingerprint density at radius 1 is 1.56 bits per heavy atom. The topological polar surface area (TPSA) is 38.1 Å². The van der Waals surface area contributed by atoms with Gasteiger partial charge in [0.15, 0.2) is 0 Å². The normalized spacial score (nSPS) is 21.9. The minimum absolute atomic E-state index is 0.0434. The van der Waals surface area contributed by atoms with Gasteiger partial charge in [0.25, 0.3) is 5.56 Å². The van der Waals surface area contributed by atoms with Gasteiger partial charge >= 0.3 is 0 Å². The summed E-state index contributed by atoms with van der Waals surface area (Å²) in [5.74, 6) is 0.819. The van der Waals surface area contributed by atoms with Crippen LogP contribution in [0.2, 0.25) is 0 Å². The fraction of sp³-hybridized carbons (Fsp3) is 0.500. The van der Waals surface area contributed by atoms with Crippen molar-refractivity contribution in [1.82, 2.24) is 14.5 Å². The predicted molar refractivity (Wildman–Crippen MR) is 64.1 cm³/mol. The van der Waals surface area contributed by atoms with E-state index >= 15 is 0 Å². The van der Waals surface area contributed by atoms with E-state index in [0.717, 1.165) is 24.2 Å². The second kappa shape index (κ2) is 4.12. The van der Waals surface area contributed by atoms with E-state index in [1.165, 1.54) is 6.07 Å². The fourth-order valence-electron chi connectivity index (χ4n) is 2.12. The molecule has 0 radical (unpaired) electrons. The molecule has 1 aliphatic rings. The van der Waals surface area contributed by atoms with Crippen LogP contribution in [0.3, 0.4) is 0 Å². The van der Waals surface area contributed by atoms with Crippen LogP contribution in [0.25, 0.3) is 5.57 Å². The molecule has 0 saturated carbocycles. The quantitative estimate of drug-likeness (QED) is 0.718. The van der Waals surface area contributed by atoms with Crippen LogP contribution in [-0.4, -0.2) is 28.5 Å². The van der Waals surface area contributed by atoms with Crippen LogP contribution in [0.5, 0.6) is 0 Å². The summed E-state index contributed by atoms with van der Waals surface area (Å²) in [6, 6.07) is 1.77. The molecule has 0 aliphatic carbocycles. The van der Waals surface area contributed by atoms with Crippen molar-refractivity contribution in [3.05, 3.63) is 34.6 Å². The largest absolute Gasteiger partial charge is 0.383 e. The van der Waals surface area contributed by atoms with E-state index in [4.69, 9.17) is 0 Å². The molecule has 1 unspecified atom stereocenters. The van der Waals surface area contributed by atoms with Gasteiger partial charge in [0.2, 0.25) is 0 Å². The summed E-state index contributed by atoms with van der Waals surface area (Å²) < 4.78 is 1.79. The van der Waals surface area contributed by atoms with Gasteiger partial charge in [-0.15, -0.1) is 0 Å². The number of hydrogen-bond donors (Lipinski definition) is 0. The molecule has 1 aromatic rings. The van der Waals surface area contributed by atoms with Crippen molar-refractivity contribution in [2.75, 3.05) is 14.1 Å². The van der Waals surface area contributed by atoms with Gasteiger partial charge in [0.05, 0.1) is 0 Å². The Bertz CT molecular complexity index is 473. The number of hydrogen-bond acceptors (Lipinski definition) is 3. The molecule has 1 aromatic heterocycles. The van der Waals surface area contributed by atoms with Gasteiger partial charge < -0.3 is 4.90 Å². The van der Waals surface area contributed by atoms with E-state index in [2.05, 4.69) is 11.9 Å². The number of rotatable bonds is 1. The molecule has 4 nitrogen and oxygen atoms in total. The van der Waals surface area contributed by atoms with Gasteiger partial charge in [0.1, 0.15) is 5.82 Å². The lowest BCUT2D eigenvalue weighted by molar-refractivity contribution is 0.458. The summed E-state index contributed by atoms with van der Waals surface area (Å²) >= 11 is 0. The average Bonchev–Trinajstić information content (AvgIpc) is 2.22. The second-order valence-electron chi connectivity index (χ2n) is 4.48. The highest BCUT2D eigenvalue weighted by atomic mass is 16.1. The predicted octanol–water partition coefficient (Wildman–Crippen LogP) is 1.50. The first-order valence-electron chi connectivity index (χ1n) is 5.54. The highest BCUT2D eigenvalue weighted by Crippen LogP contribution is 2.29. The van der Waals surface area contributed by atoms with Gasteiger partial charge in [-0.05, 0) is 19.8 Å². The molecule has 86 valence electrons. The summed E-state index contributed by atoms with van der Waals surface area (Å²) in [6.07, 6.45) is 5.62. The molecule has 0 aromatic carbocycles. The molecule has 1 atom stereocenters. The first-order valence-corrected chi connectivity index (χ1v) is 5.54. The van der Waals surface area contributed by atoms with Crippen molar-refractivity contribution >= 4 is 5.57 Å². The molecule has 0 amide bonds. The standard InChI is InChI=1S/C12H17N3O/c1-9-4-5-10(8-14(2)3)12-13-7-6-11(16)15(9)12/h6-9H,4-5H2,1-3H3/b10-8+. The van der Waals surface area contributed by atoms with Gasteiger partial charge in [-0.1, -0.05) is 0 Å². The van der Waals surface area contributed by atoms with E-state index < -0.39 is 0 Å². The second-order valence-corrected chi connectivity index (χ2v) is 4.48. The molecule has 16 heavy (non-hydrogen) atoms. The lowest BCUT2D eigenvalue weighted by Gasteiger charge is -2.26. The Morgan fingerprint density at radius 3 is 3.00 bits per heavy atom. The Morgan fingerprint density at radius 2 is 2.31 bits per heavy atom. The zero-order chi connectivity index (χ0) is 11.7. The third kappa shape index (κ3) is 1.87. The SMILES string of the molecule is CC1CC/C(=C\N(C)C)c2nccc(=O)n21. The molecule has 2 heterocycles. The number of nitrogens with zero attached hydrogens (tertiary/aromatic N) is 3. The molecular weight excluding hydrogens is 202 g/mol. The lowest BCUT2D eigenvalue weighted by atomic mass is 10.0. The number of fused-ring (bicyclic) bond motifs is 1. The minimum atomic E-state index is 0.0434. The maximum absolute atomic E-state index is 11.8. The van der Waals surface area contributed by atoms with Crippen LogP contribution in [0.4, 0.5) is 0 Å². The Kier molecular flexibility index (Phi) is 2.81. The van der Waals surface area contributed by atoms with E-state index in [0.29, 0.717) is 0 Å². The Labute approximate surface area is 95.2 Å². The summed E-state index contributed by atoms with van der Waals surface area (Å²) in [7, 11) is 3.97. The molecule has 2 rings (SSSR count). The molecule has 0 saturated heterocycles. The molecule has 1 aliphatic heterocycles. The van der Waals surface area contributed by atoms with Crippen molar-refractivity contribution < 1.29 is 0 Å². The maximum Gasteiger partial charge on any atom is 0.253 e. The number of allylic oxidation sites excluding steroid dienone is 1. The van der Waals surface area contributed by atoms with Crippen molar-refractivity contribution in [2.45, 2.75) is 25.8 Å². The van der Waals surface area contributed by atoms with Crippen LogP contribution in [0.1, 0.15) is 31.6 Å². The summed E-state index contributed by atoms with van der Waals surface area (Å²) in [4.78, 5) is 18.1. The van der Waals surface area contributed by atoms with Gasteiger partial charge in [-0.25, -0.2) is 4.98 Å². The lowest BCUT2D eigenvalue weighted by Crippen LogP contribution is -2.29. The van der Waals surface area contributed by atoms with E-state index in [-0.39, 0.29) is 11.6 Å². The summed E-state index contributed by atoms with van der Waals surface area (Å²) in [5.41, 5.74) is 1.18. The molecule has 0 N–H and O–H groups in total. The van der Waals surface area contributed by atoms with E-state index in [9.17, 15) is 4.79 Å². The van der Waals surface area contributed by atoms with Crippen molar-refractivity contribution in [3.8, 4) is 0 Å². The maximum atomic E-state index is 11.8. The molecule has 0 fully saturated rings. The molecule has 0 spiro atoms. The minimum Gasteiger partial charge on any atom is -0.383 e. The van der Waals surface area contributed by atoms with Crippen LogP contribution in [-0.2, 0) is 0 Å². The zero-order valence-corrected chi connectivity index (χ0v) is 9.97. The zero-order valence-electron chi connectivity index (χ0n) is 9.97. The Balaban J connectivity index is 2.57. The van der Waals surface area contributed by atoms with Crippen molar-refractivity contribution in [3.63, 3.8) is 0 Å².